The first-order valence-electron chi connectivity index (χ1n) is 10.9. The van der Waals surface area contributed by atoms with Crippen molar-refractivity contribution >= 4 is 28.9 Å². The highest BCUT2D eigenvalue weighted by molar-refractivity contribution is 5.81. The van der Waals surface area contributed by atoms with Gasteiger partial charge < -0.3 is 47.9 Å². The van der Waals surface area contributed by atoms with Crippen molar-refractivity contribution in [3.63, 3.8) is 0 Å². The van der Waals surface area contributed by atoms with Gasteiger partial charge in [-0.1, -0.05) is 0 Å². The number of aliphatic carboxylic acids is 1. The summed E-state index contributed by atoms with van der Waals surface area (Å²) in [7, 11) is 0. The van der Waals surface area contributed by atoms with Gasteiger partial charge in [0.15, 0.2) is 23.7 Å². The van der Waals surface area contributed by atoms with Gasteiger partial charge >= 0.3 is 5.97 Å². The number of aliphatic hydroxyl groups is 2. The maximum atomic E-state index is 11.1. The van der Waals surface area contributed by atoms with Crippen molar-refractivity contribution in [2.24, 2.45) is 22.2 Å². The maximum Gasteiger partial charge on any atom is 0.320 e. The molecule has 0 aromatic carbocycles. The van der Waals surface area contributed by atoms with Crippen LogP contribution in [0.1, 0.15) is 25.5 Å². The molecule has 0 aliphatic carbocycles. The number of aliphatic hydroxyl groups excluding tert-OH is 2. The van der Waals surface area contributed by atoms with Crippen molar-refractivity contribution in [3.05, 3.63) is 12.7 Å². The SMILES string of the molecule is NC(N)=NCCCCN(CC[C@H](N)C(=O)O)C[C@H]1O[C@@H](n2cnc3c(N)ncnc32)[C@H](O)[C@@H]1O. The molecule has 0 spiro atoms. The van der Waals surface area contributed by atoms with E-state index in [-0.39, 0.29) is 24.7 Å². The number of nitrogen functional groups attached to an aromatic ring is 1. The minimum atomic E-state index is -1.25. The van der Waals surface area contributed by atoms with Gasteiger partial charge in [-0.15, -0.1) is 0 Å². The lowest BCUT2D eigenvalue weighted by atomic mass is 10.1. The Morgan fingerprint density at radius 3 is 2.68 bits per heavy atom. The number of aromatic nitrogens is 4. The number of rotatable bonds is 12. The topological polar surface area (TPSA) is 250 Å². The van der Waals surface area contributed by atoms with Crippen LogP contribution < -0.4 is 22.9 Å². The van der Waals surface area contributed by atoms with E-state index in [2.05, 4.69) is 19.9 Å². The molecule has 0 radical (unpaired) electrons. The fourth-order valence-corrected chi connectivity index (χ4v) is 3.82. The Morgan fingerprint density at radius 2 is 1.97 bits per heavy atom. The second-order valence-electron chi connectivity index (χ2n) is 8.18. The smallest absolute Gasteiger partial charge is 0.320 e. The molecule has 0 bridgehead atoms. The van der Waals surface area contributed by atoms with E-state index in [1.54, 1.807) is 0 Å². The molecule has 0 amide bonds. The first kappa shape index (κ1) is 25.5. The molecule has 3 heterocycles. The summed E-state index contributed by atoms with van der Waals surface area (Å²) in [6, 6.07) is -1.01. The van der Waals surface area contributed by atoms with Crippen molar-refractivity contribution in [2.45, 2.75) is 49.8 Å². The number of hydrogen-bond donors (Lipinski definition) is 7. The summed E-state index contributed by atoms with van der Waals surface area (Å²) in [6.45, 7) is 1.64. The van der Waals surface area contributed by atoms with Crippen molar-refractivity contribution in [1.29, 1.82) is 0 Å². The number of imidazole rings is 1. The number of guanidine groups is 1. The highest BCUT2D eigenvalue weighted by Gasteiger charge is 2.44. The Kier molecular flexibility index (Phi) is 8.51. The highest BCUT2D eigenvalue weighted by Crippen LogP contribution is 2.32. The minimum absolute atomic E-state index is 0.0193. The maximum absolute atomic E-state index is 11.1. The molecule has 34 heavy (non-hydrogen) atoms. The molecule has 2 aromatic heterocycles. The third-order valence-electron chi connectivity index (χ3n) is 5.69. The van der Waals surface area contributed by atoms with E-state index in [0.717, 1.165) is 6.42 Å². The first-order valence-corrected chi connectivity index (χ1v) is 10.9. The number of aliphatic imine (C=N–C) groups is 1. The Balaban J connectivity index is 1.68. The molecule has 15 nitrogen and oxygen atoms in total. The van der Waals surface area contributed by atoms with Gasteiger partial charge in [0.2, 0.25) is 0 Å². The molecule has 0 saturated carbocycles. The molecule has 0 unspecified atom stereocenters. The van der Waals surface area contributed by atoms with Gasteiger partial charge in [-0.2, -0.15) is 0 Å². The van der Waals surface area contributed by atoms with Crippen LogP contribution in [-0.2, 0) is 9.53 Å². The Labute approximate surface area is 195 Å². The van der Waals surface area contributed by atoms with Gasteiger partial charge in [-0.3, -0.25) is 14.4 Å². The summed E-state index contributed by atoms with van der Waals surface area (Å²) in [5.74, 6) is -0.880. The normalized spacial score (nSPS) is 23.4. The van der Waals surface area contributed by atoms with Crippen LogP contribution in [0.25, 0.3) is 11.2 Å². The molecule has 5 atom stereocenters. The second-order valence-corrected chi connectivity index (χ2v) is 8.18. The monoisotopic (exact) mass is 480 g/mol. The Hall–Kier alpha value is -3.11. The summed E-state index contributed by atoms with van der Waals surface area (Å²) in [5, 5.41) is 30.5. The van der Waals surface area contributed by atoms with Crippen molar-refractivity contribution in [2.75, 3.05) is 31.9 Å². The molecule has 15 heteroatoms. The molecule has 11 N–H and O–H groups in total. The van der Waals surface area contributed by atoms with Crippen molar-refractivity contribution < 1.29 is 24.9 Å². The zero-order valence-corrected chi connectivity index (χ0v) is 18.6. The largest absolute Gasteiger partial charge is 0.480 e. The number of nitrogens with two attached hydrogens (primary N) is 4. The standard InChI is InChI=1S/C19H32N10O5/c20-10(18(32)33)3-6-28(5-2-1-4-24-19(22)23)7-11-13(30)14(31)17(34-11)29-9-27-12-15(21)25-8-26-16(12)29/h8-11,13-14,17,30-31H,1-7,20H2,(H,32,33)(H2,21,25,26)(H4,22,23,24)/t10-,11+,13+,14+,17+/m0/s1. The molecule has 1 saturated heterocycles. The summed E-state index contributed by atoms with van der Waals surface area (Å²) in [5.41, 5.74) is 22.9. The van der Waals surface area contributed by atoms with Crippen molar-refractivity contribution in [1.82, 2.24) is 24.4 Å². The number of ether oxygens (including phenoxy) is 1. The molecule has 1 fully saturated rings. The van der Waals surface area contributed by atoms with Crippen molar-refractivity contribution in [3.8, 4) is 0 Å². The lowest BCUT2D eigenvalue weighted by molar-refractivity contribution is -0.138. The third kappa shape index (κ3) is 6.06. The summed E-state index contributed by atoms with van der Waals surface area (Å²) < 4.78 is 7.50. The average molecular weight is 481 g/mol. The number of carbonyl (C=O) groups is 1. The zero-order chi connectivity index (χ0) is 24.8. The van der Waals surface area contributed by atoms with E-state index in [1.165, 1.54) is 17.2 Å². The molecular formula is C19H32N10O5. The number of carboxylic acid groups (broad SMARTS) is 1. The number of fused-ring (bicyclic) bond motifs is 1. The van der Waals surface area contributed by atoms with E-state index in [1.807, 2.05) is 4.90 Å². The number of anilines is 1. The van der Waals surface area contributed by atoms with Gasteiger partial charge in [0.25, 0.3) is 0 Å². The fourth-order valence-electron chi connectivity index (χ4n) is 3.82. The van der Waals surface area contributed by atoms with Crippen LogP contribution in [-0.4, -0.2) is 102 Å². The summed E-state index contributed by atoms with van der Waals surface area (Å²) in [6.07, 6.45) is 0.201. The molecule has 2 aromatic rings. The molecule has 1 aliphatic heterocycles. The Bertz CT molecular complexity index is 997. The number of carboxylic acids is 1. The van der Waals surface area contributed by atoms with Gasteiger partial charge in [0.1, 0.15) is 36.2 Å². The van der Waals surface area contributed by atoms with E-state index < -0.39 is 36.6 Å². The lowest BCUT2D eigenvalue weighted by Gasteiger charge is -2.27. The van der Waals surface area contributed by atoms with Gasteiger partial charge in [-0.05, 0) is 25.8 Å². The first-order chi connectivity index (χ1) is 16.2. The predicted octanol–water partition coefficient (Wildman–Crippen LogP) is -2.81. The van der Waals surface area contributed by atoms with Crippen LogP contribution in [0.15, 0.2) is 17.6 Å². The molecule has 3 rings (SSSR count). The van der Waals surface area contributed by atoms with Crippen LogP contribution in [0.3, 0.4) is 0 Å². The predicted molar refractivity (Wildman–Crippen MR) is 122 cm³/mol. The van der Waals surface area contributed by atoms with Crippen LogP contribution in [0.4, 0.5) is 5.82 Å². The zero-order valence-electron chi connectivity index (χ0n) is 18.6. The second kappa shape index (κ2) is 11.3. The van der Waals surface area contributed by atoms with Gasteiger partial charge in [0.05, 0.1) is 6.33 Å². The van der Waals surface area contributed by atoms with Crippen LogP contribution in [0.2, 0.25) is 0 Å². The summed E-state index contributed by atoms with van der Waals surface area (Å²) >= 11 is 0. The Morgan fingerprint density at radius 1 is 1.21 bits per heavy atom. The molecule has 188 valence electrons. The number of hydrogen-bond acceptors (Lipinski definition) is 11. The van der Waals surface area contributed by atoms with E-state index in [0.29, 0.717) is 37.2 Å². The van der Waals surface area contributed by atoms with E-state index in [4.69, 9.17) is 32.8 Å². The number of nitrogens with zero attached hydrogens (tertiary/aromatic N) is 6. The van der Waals surface area contributed by atoms with E-state index in [9.17, 15) is 15.0 Å². The van der Waals surface area contributed by atoms with Crippen LogP contribution in [0, 0.1) is 0 Å². The quantitative estimate of drug-likeness (QED) is 0.0920. The molecular weight excluding hydrogens is 448 g/mol. The van der Waals surface area contributed by atoms with Gasteiger partial charge in [-0.25, -0.2) is 15.0 Å². The average Bonchev–Trinajstić information content (AvgIpc) is 3.33. The lowest BCUT2D eigenvalue weighted by Crippen LogP contribution is -2.42. The minimum Gasteiger partial charge on any atom is -0.480 e. The highest BCUT2D eigenvalue weighted by atomic mass is 16.6. The third-order valence-corrected chi connectivity index (χ3v) is 5.69. The van der Waals surface area contributed by atoms with Crippen LogP contribution in [0.5, 0.6) is 0 Å². The summed E-state index contributed by atoms with van der Waals surface area (Å²) in [4.78, 5) is 29.2. The van der Waals surface area contributed by atoms with E-state index >= 15 is 0 Å². The number of unbranched alkanes of at least 4 members (excludes halogenated alkanes) is 1. The molecule has 1 aliphatic rings. The van der Waals surface area contributed by atoms with Gasteiger partial charge in [0, 0.05) is 19.6 Å². The fraction of sp³-hybridized carbons (Fsp3) is 0.632. The van der Waals surface area contributed by atoms with Crippen LogP contribution >= 0.6 is 0 Å².